The molecule has 21 heavy (non-hydrogen) atoms. The fourth-order valence-electron chi connectivity index (χ4n) is 1.84. The standard InChI is InChI=1S/C13H20N2O5S/c1-11(9-16)5-4-8-14-21(19,20)10-12-6-2-3-7-13(12)15(17)18/h2-3,6-7,11,14,16H,4-5,8-10H2,1H3. The van der Waals surface area contributed by atoms with Crippen LogP contribution in [0.1, 0.15) is 25.3 Å². The first-order valence-electron chi connectivity index (χ1n) is 6.66. The normalized spacial score (nSPS) is 13.0. The van der Waals surface area contributed by atoms with E-state index < -0.39 is 20.7 Å². The second-order valence-corrected chi connectivity index (χ2v) is 6.78. The summed E-state index contributed by atoms with van der Waals surface area (Å²) in [5.41, 5.74) is -0.0319. The summed E-state index contributed by atoms with van der Waals surface area (Å²) in [5.74, 6) is -0.288. The molecule has 0 amide bonds. The lowest BCUT2D eigenvalue weighted by molar-refractivity contribution is -0.385. The minimum atomic E-state index is -3.61. The Kier molecular flexibility index (Phi) is 6.73. The SMILES string of the molecule is CC(CO)CCCNS(=O)(=O)Cc1ccccc1[N+](=O)[O-]. The van der Waals surface area contributed by atoms with E-state index in [-0.39, 0.29) is 30.3 Å². The summed E-state index contributed by atoms with van der Waals surface area (Å²) in [6.07, 6.45) is 1.32. The highest BCUT2D eigenvalue weighted by Crippen LogP contribution is 2.19. The monoisotopic (exact) mass is 316 g/mol. The Balaban J connectivity index is 2.59. The fraction of sp³-hybridized carbons (Fsp3) is 0.538. The second-order valence-electron chi connectivity index (χ2n) is 4.97. The molecule has 8 heteroatoms. The third-order valence-corrected chi connectivity index (χ3v) is 4.38. The molecule has 1 aromatic carbocycles. The summed E-state index contributed by atoms with van der Waals surface area (Å²) in [4.78, 5) is 10.3. The van der Waals surface area contributed by atoms with Crippen LogP contribution in [0.4, 0.5) is 5.69 Å². The molecular weight excluding hydrogens is 296 g/mol. The highest BCUT2D eigenvalue weighted by atomic mass is 32.2. The number of nitrogens with one attached hydrogen (secondary N) is 1. The third kappa shape index (κ3) is 6.19. The molecule has 0 radical (unpaired) electrons. The molecule has 1 rings (SSSR count). The molecule has 0 aliphatic heterocycles. The van der Waals surface area contributed by atoms with Crippen LogP contribution in [0.15, 0.2) is 24.3 Å². The van der Waals surface area contributed by atoms with E-state index in [4.69, 9.17) is 5.11 Å². The lowest BCUT2D eigenvalue weighted by Gasteiger charge is -2.09. The molecule has 7 nitrogen and oxygen atoms in total. The van der Waals surface area contributed by atoms with Gasteiger partial charge in [0.05, 0.1) is 10.7 Å². The van der Waals surface area contributed by atoms with Crippen LogP contribution in [0, 0.1) is 16.0 Å². The van der Waals surface area contributed by atoms with E-state index in [1.807, 2.05) is 6.92 Å². The second kappa shape index (κ2) is 8.06. The molecule has 1 unspecified atom stereocenters. The summed E-state index contributed by atoms with van der Waals surface area (Å²) in [5, 5.41) is 19.7. The summed E-state index contributed by atoms with van der Waals surface area (Å²) in [6.45, 7) is 2.21. The zero-order chi connectivity index (χ0) is 15.9. The van der Waals surface area contributed by atoms with Crippen LogP contribution >= 0.6 is 0 Å². The third-order valence-electron chi connectivity index (χ3n) is 3.04. The molecule has 0 fully saturated rings. The molecule has 1 aromatic rings. The number of sulfonamides is 1. The number of nitro benzene ring substituents is 1. The number of hydrogen-bond acceptors (Lipinski definition) is 5. The fourth-order valence-corrected chi connectivity index (χ4v) is 3.05. The van der Waals surface area contributed by atoms with Crippen molar-refractivity contribution in [3.05, 3.63) is 39.9 Å². The Labute approximate surface area is 124 Å². The van der Waals surface area contributed by atoms with Gasteiger partial charge in [0.1, 0.15) is 0 Å². The van der Waals surface area contributed by atoms with Crippen molar-refractivity contribution in [2.45, 2.75) is 25.5 Å². The van der Waals surface area contributed by atoms with E-state index >= 15 is 0 Å². The minimum absolute atomic E-state index is 0.0724. The Hall–Kier alpha value is -1.51. The van der Waals surface area contributed by atoms with Gasteiger partial charge in [0.15, 0.2) is 0 Å². The molecule has 0 bridgehead atoms. The maximum atomic E-state index is 11.9. The summed E-state index contributed by atoms with van der Waals surface area (Å²) in [6, 6.07) is 5.79. The first-order chi connectivity index (χ1) is 9.85. The van der Waals surface area contributed by atoms with Crippen LogP contribution in [0.25, 0.3) is 0 Å². The van der Waals surface area contributed by atoms with Crippen LogP contribution in [0.2, 0.25) is 0 Å². The molecule has 0 saturated heterocycles. The van der Waals surface area contributed by atoms with Crippen LogP contribution in [0.3, 0.4) is 0 Å². The average Bonchev–Trinajstić information content (AvgIpc) is 2.43. The minimum Gasteiger partial charge on any atom is -0.396 e. The first-order valence-corrected chi connectivity index (χ1v) is 8.31. The highest BCUT2D eigenvalue weighted by molar-refractivity contribution is 7.88. The Morgan fingerprint density at radius 1 is 1.38 bits per heavy atom. The van der Waals surface area contributed by atoms with Crippen LogP contribution < -0.4 is 4.72 Å². The van der Waals surface area contributed by atoms with E-state index in [1.165, 1.54) is 18.2 Å². The van der Waals surface area contributed by atoms with Gasteiger partial charge in [0.25, 0.3) is 5.69 Å². The van der Waals surface area contributed by atoms with Gasteiger partial charge in [-0.2, -0.15) is 0 Å². The van der Waals surface area contributed by atoms with Crippen LogP contribution in [-0.4, -0.2) is 31.6 Å². The maximum absolute atomic E-state index is 11.9. The number of aliphatic hydroxyl groups excluding tert-OH is 1. The predicted octanol–water partition coefficient (Wildman–Crippen LogP) is 1.42. The first kappa shape index (κ1) is 17.5. The molecule has 0 aliphatic carbocycles. The quantitative estimate of drug-likeness (QED) is 0.407. The van der Waals surface area contributed by atoms with Crippen molar-refractivity contribution in [1.29, 1.82) is 0 Å². The van der Waals surface area contributed by atoms with Gasteiger partial charge in [-0.15, -0.1) is 0 Å². The number of para-hydroxylation sites is 1. The molecule has 0 heterocycles. The summed E-state index contributed by atoms with van der Waals surface area (Å²) in [7, 11) is -3.61. The smallest absolute Gasteiger partial charge is 0.273 e. The van der Waals surface area contributed by atoms with Gasteiger partial charge >= 0.3 is 0 Å². The number of hydrogen-bond donors (Lipinski definition) is 2. The summed E-state index contributed by atoms with van der Waals surface area (Å²) < 4.78 is 26.2. The molecule has 0 spiro atoms. The number of nitro groups is 1. The van der Waals surface area contributed by atoms with Crippen LogP contribution in [0.5, 0.6) is 0 Å². The topological polar surface area (TPSA) is 110 Å². The number of aliphatic hydroxyl groups is 1. The molecule has 0 aromatic heterocycles. The van der Waals surface area contributed by atoms with E-state index in [9.17, 15) is 18.5 Å². The van der Waals surface area contributed by atoms with Crippen molar-refractivity contribution < 1.29 is 18.4 Å². The Morgan fingerprint density at radius 2 is 2.05 bits per heavy atom. The largest absolute Gasteiger partial charge is 0.396 e. The van der Waals surface area contributed by atoms with Gasteiger partial charge in [-0.25, -0.2) is 13.1 Å². The van der Waals surface area contributed by atoms with E-state index in [0.29, 0.717) is 12.8 Å². The van der Waals surface area contributed by atoms with Crippen molar-refractivity contribution >= 4 is 15.7 Å². The Morgan fingerprint density at radius 3 is 2.67 bits per heavy atom. The van der Waals surface area contributed by atoms with Crippen molar-refractivity contribution in [3.8, 4) is 0 Å². The number of nitrogens with zero attached hydrogens (tertiary/aromatic N) is 1. The zero-order valence-corrected chi connectivity index (χ0v) is 12.7. The summed E-state index contributed by atoms with van der Waals surface area (Å²) >= 11 is 0. The van der Waals surface area contributed by atoms with Gasteiger partial charge in [-0.3, -0.25) is 10.1 Å². The highest BCUT2D eigenvalue weighted by Gasteiger charge is 2.19. The predicted molar refractivity (Wildman–Crippen MR) is 79.2 cm³/mol. The van der Waals surface area contributed by atoms with Gasteiger partial charge in [-0.1, -0.05) is 25.1 Å². The van der Waals surface area contributed by atoms with Gasteiger partial charge < -0.3 is 5.11 Å². The van der Waals surface area contributed by atoms with E-state index in [2.05, 4.69) is 4.72 Å². The van der Waals surface area contributed by atoms with Gasteiger partial charge in [-0.05, 0) is 18.8 Å². The van der Waals surface area contributed by atoms with E-state index in [0.717, 1.165) is 0 Å². The van der Waals surface area contributed by atoms with Crippen molar-refractivity contribution in [1.82, 2.24) is 4.72 Å². The maximum Gasteiger partial charge on any atom is 0.273 e. The van der Waals surface area contributed by atoms with Gasteiger partial charge in [0, 0.05) is 24.8 Å². The van der Waals surface area contributed by atoms with Crippen molar-refractivity contribution in [3.63, 3.8) is 0 Å². The molecule has 0 saturated carbocycles. The van der Waals surface area contributed by atoms with Crippen LogP contribution in [-0.2, 0) is 15.8 Å². The van der Waals surface area contributed by atoms with Crippen molar-refractivity contribution in [2.75, 3.05) is 13.2 Å². The van der Waals surface area contributed by atoms with E-state index in [1.54, 1.807) is 6.07 Å². The number of rotatable bonds is 9. The molecule has 118 valence electrons. The average molecular weight is 316 g/mol. The Bertz CT molecular complexity index is 574. The molecular formula is C13H20N2O5S. The molecule has 0 aliphatic rings. The molecule has 2 N–H and O–H groups in total. The lowest BCUT2D eigenvalue weighted by atomic mass is 10.1. The number of benzene rings is 1. The van der Waals surface area contributed by atoms with Crippen molar-refractivity contribution in [2.24, 2.45) is 5.92 Å². The van der Waals surface area contributed by atoms with Gasteiger partial charge in [0.2, 0.25) is 10.0 Å². The lowest BCUT2D eigenvalue weighted by Crippen LogP contribution is -2.26. The molecule has 1 atom stereocenters. The zero-order valence-electron chi connectivity index (χ0n) is 11.9.